The lowest BCUT2D eigenvalue weighted by atomic mass is 10.2. The average molecular weight is 181 g/mol. The minimum atomic E-state index is 0.887. The molecule has 0 bridgehead atoms. The maximum atomic E-state index is 5.13. The summed E-state index contributed by atoms with van der Waals surface area (Å²) in [5.41, 5.74) is 2.08. The Morgan fingerprint density at radius 1 is 1.31 bits per heavy atom. The van der Waals surface area contributed by atoms with Crippen LogP contribution in [0.4, 0.5) is 0 Å². The van der Waals surface area contributed by atoms with Crippen molar-refractivity contribution in [3.8, 4) is 5.75 Å². The third-order valence-electron chi connectivity index (χ3n) is 1.63. The van der Waals surface area contributed by atoms with Crippen molar-refractivity contribution in [2.75, 3.05) is 7.11 Å². The zero-order valence-corrected chi connectivity index (χ0v) is 9.22. The molecule has 0 aliphatic rings. The molecule has 0 fully saturated rings. The van der Waals surface area contributed by atoms with Gasteiger partial charge >= 0.3 is 0 Å². The van der Waals surface area contributed by atoms with E-state index >= 15 is 0 Å². The molecule has 2 heteroatoms. The third-order valence-corrected chi connectivity index (χ3v) is 1.63. The first-order valence-electron chi connectivity index (χ1n) is 4.78. The molecule has 0 amide bonds. The lowest BCUT2D eigenvalue weighted by Gasteiger charge is -2.05. The fraction of sp³-hybridized carbons (Fsp3) is 0.545. The summed E-state index contributed by atoms with van der Waals surface area (Å²) in [5, 5.41) is 0. The molecule has 0 spiro atoms. The summed E-state index contributed by atoms with van der Waals surface area (Å²) in [7, 11) is 1.67. The van der Waals surface area contributed by atoms with Gasteiger partial charge in [-0.15, -0.1) is 0 Å². The van der Waals surface area contributed by atoms with Crippen molar-refractivity contribution < 1.29 is 4.74 Å². The van der Waals surface area contributed by atoms with E-state index in [1.54, 1.807) is 7.11 Å². The summed E-state index contributed by atoms with van der Waals surface area (Å²) < 4.78 is 5.13. The van der Waals surface area contributed by atoms with E-state index in [2.05, 4.69) is 11.9 Å². The molecular formula is C11H19NO. The predicted octanol–water partition coefficient (Wildman–Crippen LogP) is 2.99. The van der Waals surface area contributed by atoms with E-state index in [9.17, 15) is 0 Å². The van der Waals surface area contributed by atoms with Crippen molar-refractivity contribution in [1.82, 2.24) is 4.98 Å². The number of hydrogen-bond acceptors (Lipinski definition) is 2. The van der Waals surface area contributed by atoms with Gasteiger partial charge in [-0.25, -0.2) is 0 Å². The monoisotopic (exact) mass is 181 g/mol. The van der Waals surface area contributed by atoms with Gasteiger partial charge in [0.15, 0.2) is 0 Å². The normalized spacial score (nSPS) is 8.69. The van der Waals surface area contributed by atoms with Crippen LogP contribution in [0.2, 0.25) is 0 Å². The molecular weight excluding hydrogens is 162 g/mol. The highest BCUT2D eigenvalue weighted by Gasteiger charge is 2.00. The molecule has 2 nitrogen and oxygen atoms in total. The molecule has 1 heterocycles. The van der Waals surface area contributed by atoms with Gasteiger partial charge in [-0.05, 0) is 25.5 Å². The highest BCUT2D eigenvalue weighted by Crippen LogP contribution is 2.15. The van der Waals surface area contributed by atoms with Crippen LogP contribution >= 0.6 is 0 Å². The summed E-state index contributed by atoms with van der Waals surface area (Å²) >= 11 is 0. The second-order valence-corrected chi connectivity index (χ2v) is 2.46. The first kappa shape index (κ1) is 11.9. The SMILES string of the molecule is CC.CCc1nc(C)ccc1OC. The smallest absolute Gasteiger partial charge is 0.140 e. The van der Waals surface area contributed by atoms with Crippen molar-refractivity contribution in [2.24, 2.45) is 0 Å². The highest BCUT2D eigenvalue weighted by molar-refractivity contribution is 5.28. The Kier molecular flexibility index (Phi) is 5.94. The second kappa shape index (κ2) is 6.46. The van der Waals surface area contributed by atoms with Crippen molar-refractivity contribution in [1.29, 1.82) is 0 Å². The minimum Gasteiger partial charge on any atom is -0.495 e. The summed E-state index contributed by atoms with van der Waals surface area (Å²) in [5.74, 6) is 0.887. The van der Waals surface area contributed by atoms with Crippen LogP contribution in [0.3, 0.4) is 0 Å². The Morgan fingerprint density at radius 3 is 2.38 bits per heavy atom. The topological polar surface area (TPSA) is 22.1 Å². The largest absolute Gasteiger partial charge is 0.495 e. The number of aryl methyl sites for hydroxylation is 2. The van der Waals surface area contributed by atoms with Crippen LogP contribution in [0, 0.1) is 6.92 Å². The molecule has 0 radical (unpaired) electrons. The van der Waals surface area contributed by atoms with E-state index in [1.165, 1.54) is 0 Å². The predicted molar refractivity (Wildman–Crippen MR) is 56.3 cm³/mol. The van der Waals surface area contributed by atoms with E-state index in [1.807, 2.05) is 32.9 Å². The Morgan fingerprint density at radius 2 is 1.92 bits per heavy atom. The molecule has 0 aliphatic heterocycles. The number of hydrogen-bond donors (Lipinski definition) is 0. The van der Waals surface area contributed by atoms with Crippen LogP contribution in [0.1, 0.15) is 32.2 Å². The quantitative estimate of drug-likeness (QED) is 0.699. The molecule has 0 atom stereocenters. The molecule has 0 unspecified atom stereocenters. The first-order valence-corrected chi connectivity index (χ1v) is 4.78. The molecule has 0 aromatic carbocycles. The molecule has 13 heavy (non-hydrogen) atoms. The van der Waals surface area contributed by atoms with Gasteiger partial charge in [-0.2, -0.15) is 0 Å². The lowest BCUT2D eigenvalue weighted by molar-refractivity contribution is 0.407. The Balaban J connectivity index is 0.000000671. The fourth-order valence-electron chi connectivity index (χ4n) is 1.04. The maximum absolute atomic E-state index is 5.13. The number of rotatable bonds is 2. The maximum Gasteiger partial charge on any atom is 0.140 e. The molecule has 0 saturated carbocycles. The minimum absolute atomic E-state index is 0.887. The summed E-state index contributed by atoms with van der Waals surface area (Å²) in [6.45, 7) is 8.06. The van der Waals surface area contributed by atoms with Gasteiger partial charge in [-0.1, -0.05) is 20.8 Å². The van der Waals surface area contributed by atoms with Gasteiger partial charge in [0.25, 0.3) is 0 Å². The van der Waals surface area contributed by atoms with E-state index in [0.29, 0.717) is 0 Å². The van der Waals surface area contributed by atoms with E-state index in [-0.39, 0.29) is 0 Å². The number of methoxy groups -OCH3 is 1. The van der Waals surface area contributed by atoms with Gasteiger partial charge in [0.2, 0.25) is 0 Å². The van der Waals surface area contributed by atoms with Crippen LogP contribution in [0.25, 0.3) is 0 Å². The fourth-order valence-corrected chi connectivity index (χ4v) is 1.04. The molecule has 0 saturated heterocycles. The highest BCUT2D eigenvalue weighted by atomic mass is 16.5. The van der Waals surface area contributed by atoms with Crippen molar-refractivity contribution in [2.45, 2.75) is 34.1 Å². The standard InChI is InChI=1S/C9H13NO.C2H6/c1-4-8-9(11-3)6-5-7(2)10-8;1-2/h5-6H,4H2,1-3H3;1-2H3. The Hall–Kier alpha value is -1.05. The van der Waals surface area contributed by atoms with E-state index in [0.717, 1.165) is 23.6 Å². The zero-order chi connectivity index (χ0) is 10.3. The zero-order valence-electron chi connectivity index (χ0n) is 9.22. The van der Waals surface area contributed by atoms with Gasteiger partial charge in [0, 0.05) is 5.69 Å². The molecule has 1 rings (SSSR count). The molecule has 1 aromatic heterocycles. The number of aromatic nitrogens is 1. The van der Waals surface area contributed by atoms with Crippen LogP contribution in [0.15, 0.2) is 12.1 Å². The van der Waals surface area contributed by atoms with Gasteiger partial charge < -0.3 is 4.74 Å². The molecule has 0 aliphatic carbocycles. The van der Waals surface area contributed by atoms with Gasteiger partial charge in [0.05, 0.1) is 12.8 Å². The Bertz CT molecular complexity index is 246. The molecule has 0 N–H and O–H groups in total. The summed E-state index contributed by atoms with van der Waals surface area (Å²) in [6, 6.07) is 3.92. The van der Waals surface area contributed by atoms with Crippen LogP contribution in [-0.4, -0.2) is 12.1 Å². The number of nitrogens with zero attached hydrogens (tertiary/aromatic N) is 1. The molecule has 74 valence electrons. The average Bonchev–Trinajstić information content (AvgIpc) is 2.20. The van der Waals surface area contributed by atoms with E-state index < -0.39 is 0 Å². The van der Waals surface area contributed by atoms with Gasteiger partial charge in [-0.3, -0.25) is 4.98 Å². The number of ether oxygens (including phenoxy) is 1. The van der Waals surface area contributed by atoms with Crippen molar-refractivity contribution >= 4 is 0 Å². The summed E-state index contributed by atoms with van der Waals surface area (Å²) in [4.78, 5) is 4.34. The van der Waals surface area contributed by atoms with Crippen LogP contribution < -0.4 is 4.74 Å². The van der Waals surface area contributed by atoms with E-state index in [4.69, 9.17) is 4.74 Å². The first-order chi connectivity index (χ1) is 6.27. The van der Waals surface area contributed by atoms with Gasteiger partial charge in [0.1, 0.15) is 5.75 Å². The Labute approximate surface area is 81.0 Å². The summed E-state index contributed by atoms with van der Waals surface area (Å²) in [6.07, 6.45) is 0.921. The number of pyridine rings is 1. The lowest BCUT2D eigenvalue weighted by Crippen LogP contribution is -1.95. The third kappa shape index (κ3) is 3.45. The van der Waals surface area contributed by atoms with Crippen molar-refractivity contribution in [3.63, 3.8) is 0 Å². The van der Waals surface area contributed by atoms with Crippen LogP contribution in [-0.2, 0) is 6.42 Å². The second-order valence-electron chi connectivity index (χ2n) is 2.46. The van der Waals surface area contributed by atoms with Crippen LogP contribution in [0.5, 0.6) is 5.75 Å². The van der Waals surface area contributed by atoms with Crippen molar-refractivity contribution in [3.05, 3.63) is 23.5 Å². The molecule has 1 aromatic rings.